The van der Waals surface area contributed by atoms with Crippen molar-refractivity contribution in [2.75, 3.05) is 25.1 Å². The van der Waals surface area contributed by atoms with Crippen LogP contribution in [-0.2, 0) is 14.4 Å². The molecule has 1 aliphatic carbocycles. The standard InChI is InChI=1S/C23H30N4O4/c1-16-7-5-6-10-19(16)27-22(30)21(29)26(23(27)31)15-25-13-11-17(12-14-25)20(28)24-18-8-3-2-4-9-18/h2-4,8-9,16-17,19H,5-7,10-15H2,1H3,(H,24,28)/t16-,19-/m1/s1. The van der Waals surface area contributed by atoms with Crippen molar-refractivity contribution in [3.05, 3.63) is 30.3 Å². The summed E-state index contributed by atoms with van der Waals surface area (Å²) in [6, 6.07) is 8.69. The third-order valence-electron chi connectivity index (χ3n) is 6.82. The molecule has 1 N–H and O–H groups in total. The summed E-state index contributed by atoms with van der Waals surface area (Å²) in [6.45, 7) is 3.34. The predicted octanol–water partition coefficient (Wildman–Crippen LogP) is 2.66. The van der Waals surface area contributed by atoms with Gasteiger partial charge in [-0.2, -0.15) is 0 Å². The zero-order valence-electron chi connectivity index (χ0n) is 18.0. The van der Waals surface area contributed by atoms with Gasteiger partial charge in [0, 0.05) is 30.7 Å². The molecule has 2 heterocycles. The molecule has 31 heavy (non-hydrogen) atoms. The van der Waals surface area contributed by atoms with Crippen LogP contribution >= 0.6 is 0 Å². The molecule has 2 aliphatic heterocycles. The van der Waals surface area contributed by atoms with Crippen molar-refractivity contribution in [2.45, 2.75) is 51.5 Å². The number of para-hydroxylation sites is 1. The number of benzene rings is 1. The van der Waals surface area contributed by atoms with Crippen LogP contribution in [0.3, 0.4) is 0 Å². The number of carbonyl (C=O) groups excluding carboxylic acids is 4. The smallest absolute Gasteiger partial charge is 0.326 e. The van der Waals surface area contributed by atoms with E-state index in [1.165, 1.54) is 4.90 Å². The van der Waals surface area contributed by atoms with E-state index < -0.39 is 17.8 Å². The molecule has 1 aromatic rings. The maximum Gasteiger partial charge on any atom is 0.335 e. The van der Waals surface area contributed by atoms with Crippen molar-refractivity contribution >= 4 is 29.4 Å². The lowest BCUT2D eigenvalue weighted by Gasteiger charge is -2.35. The Labute approximate surface area is 182 Å². The van der Waals surface area contributed by atoms with Crippen molar-refractivity contribution in [3.8, 4) is 0 Å². The third-order valence-corrected chi connectivity index (χ3v) is 6.82. The first-order valence-electron chi connectivity index (χ1n) is 11.2. The minimum atomic E-state index is -0.730. The lowest BCUT2D eigenvalue weighted by molar-refractivity contribution is -0.145. The van der Waals surface area contributed by atoms with E-state index in [1.54, 1.807) is 0 Å². The molecular weight excluding hydrogens is 396 g/mol. The van der Waals surface area contributed by atoms with Gasteiger partial charge in [-0.3, -0.25) is 24.2 Å². The molecule has 1 aromatic carbocycles. The molecule has 2 atom stereocenters. The van der Waals surface area contributed by atoms with Crippen molar-refractivity contribution < 1.29 is 19.2 Å². The first-order valence-corrected chi connectivity index (χ1v) is 11.2. The maximum atomic E-state index is 12.9. The number of urea groups is 1. The molecule has 3 fully saturated rings. The van der Waals surface area contributed by atoms with E-state index in [-0.39, 0.29) is 30.5 Å². The molecule has 1 saturated carbocycles. The lowest BCUT2D eigenvalue weighted by atomic mass is 9.85. The highest BCUT2D eigenvalue weighted by Gasteiger charge is 2.49. The summed E-state index contributed by atoms with van der Waals surface area (Å²) >= 11 is 0. The molecule has 3 aliphatic rings. The first-order chi connectivity index (χ1) is 15.0. The molecule has 2 saturated heterocycles. The number of carbonyl (C=O) groups is 4. The first kappa shape index (κ1) is 21.5. The summed E-state index contributed by atoms with van der Waals surface area (Å²) < 4.78 is 0. The number of likely N-dealkylation sites (tertiary alicyclic amines) is 1. The summed E-state index contributed by atoms with van der Waals surface area (Å²) in [5.41, 5.74) is 0.777. The van der Waals surface area contributed by atoms with Crippen LogP contribution in [0.4, 0.5) is 10.5 Å². The van der Waals surface area contributed by atoms with Gasteiger partial charge in [0.2, 0.25) is 5.91 Å². The average molecular weight is 427 g/mol. The molecule has 0 radical (unpaired) electrons. The Morgan fingerprint density at radius 3 is 2.32 bits per heavy atom. The lowest BCUT2D eigenvalue weighted by Crippen LogP contribution is -2.48. The van der Waals surface area contributed by atoms with E-state index in [4.69, 9.17) is 0 Å². The van der Waals surface area contributed by atoms with Crippen molar-refractivity contribution in [1.82, 2.24) is 14.7 Å². The van der Waals surface area contributed by atoms with Gasteiger partial charge >= 0.3 is 17.8 Å². The van der Waals surface area contributed by atoms with Crippen molar-refractivity contribution in [2.24, 2.45) is 11.8 Å². The Hall–Kier alpha value is -2.74. The summed E-state index contributed by atoms with van der Waals surface area (Å²) in [6.07, 6.45) is 5.09. The van der Waals surface area contributed by atoms with Gasteiger partial charge in [0.05, 0.1) is 6.67 Å². The fourth-order valence-electron chi connectivity index (χ4n) is 4.92. The molecule has 8 nitrogen and oxygen atoms in total. The summed E-state index contributed by atoms with van der Waals surface area (Å²) in [5.74, 6) is -1.32. The van der Waals surface area contributed by atoms with E-state index in [0.29, 0.717) is 25.9 Å². The van der Waals surface area contributed by atoms with Crippen LogP contribution < -0.4 is 5.32 Å². The number of amides is 5. The topological polar surface area (TPSA) is 90.0 Å². The van der Waals surface area contributed by atoms with Crippen molar-refractivity contribution in [1.29, 1.82) is 0 Å². The molecule has 0 spiro atoms. The molecule has 4 rings (SSSR count). The molecule has 0 unspecified atom stereocenters. The largest absolute Gasteiger partial charge is 0.335 e. The van der Waals surface area contributed by atoms with E-state index in [0.717, 1.165) is 36.3 Å². The zero-order chi connectivity index (χ0) is 22.0. The Bertz CT molecular complexity index is 850. The monoisotopic (exact) mass is 426 g/mol. The van der Waals surface area contributed by atoms with E-state index in [9.17, 15) is 19.2 Å². The summed E-state index contributed by atoms with van der Waals surface area (Å²) in [4.78, 5) is 54.8. The van der Waals surface area contributed by atoms with Gasteiger partial charge in [-0.25, -0.2) is 9.69 Å². The van der Waals surface area contributed by atoms with Crippen molar-refractivity contribution in [3.63, 3.8) is 0 Å². The normalized spacial score (nSPS) is 25.9. The number of hydrogen-bond donors (Lipinski definition) is 1. The minimum Gasteiger partial charge on any atom is -0.326 e. The highest BCUT2D eigenvalue weighted by Crippen LogP contribution is 2.31. The number of piperidine rings is 1. The Morgan fingerprint density at radius 1 is 0.968 bits per heavy atom. The van der Waals surface area contributed by atoms with Crippen LogP contribution in [0.5, 0.6) is 0 Å². The number of nitrogens with zero attached hydrogens (tertiary/aromatic N) is 3. The van der Waals surface area contributed by atoms with Crippen LogP contribution in [0.1, 0.15) is 45.4 Å². The maximum absolute atomic E-state index is 12.9. The van der Waals surface area contributed by atoms with E-state index in [2.05, 4.69) is 5.32 Å². The number of hydrogen-bond acceptors (Lipinski definition) is 5. The Morgan fingerprint density at radius 2 is 1.65 bits per heavy atom. The minimum absolute atomic E-state index is 0.00758. The summed E-state index contributed by atoms with van der Waals surface area (Å²) in [7, 11) is 0. The van der Waals surface area contributed by atoms with Crippen LogP contribution in [0, 0.1) is 11.8 Å². The van der Waals surface area contributed by atoms with Crippen LogP contribution in [0.2, 0.25) is 0 Å². The second kappa shape index (κ2) is 9.18. The molecule has 0 aromatic heterocycles. The van der Waals surface area contributed by atoms with Gasteiger partial charge < -0.3 is 5.32 Å². The van der Waals surface area contributed by atoms with E-state index >= 15 is 0 Å². The van der Waals surface area contributed by atoms with Crippen LogP contribution in [0.15, 0.2) is 30.3 Å². The SMILES string of the molecule is C[C@@H]1CCCC[C@H]1N1C(=O)C(=O)N(CN2CCC(C(=O)Nc3ccccc3)CC2)C1=O. The second-order valence-corrected chi connectivity index (χ2v) is 8.91. The van der Waals surface area contributed by atoms with E-state index in [1.807, 2.05) is 42.2 Å². The number of imide groups is 2. The number of rotatable bonds is 5. The molecule has 166 valence electrons. The third kappa shape index (κ3) is 4.49. The Balaban J connectivity index is 1.32. The van der Waals surface area contributed by atoms with Gasteiger partial charge in [0.1, 0.15) is 0 Å². The molecule has 5 amide bonds. The second-order valence-electron chi connectivity index (χ2n) is 8.91. The number of nitrogens with one attached hydrogen (secondary N) is 1. The highest BCUT2D eigenvalue weighted by atomic mass is 16.2. The Kier molecular flexibility index (Phi) is 6.36. The fraction of sp³-hybridized carbons (Fsp3) is 0.565. The average Bonchev–Trinajstić information content (AvgIpc) is 2.98. The van der Waals surface area contributed by atoms with Gasteiger partial charge in [-0.05, 0) is 43.7 Å². The van der Waals surface area contributed by atoms with Gasteiger partial charge in [0.15, 0.2) is 0 Å². The summed E-state index contributed by atoms with van der Waals surface area (Å²) in [5, 5.41) is 2.94. The van der Waals surface area contributed by atoms with Crippen LogP contribution in [0.25, 0.3) is 0 Å². The fourth-order valence-corrected chi connectivity index (χ4v) is 4.92. The quantitative estimate of drug-likeness (QED) is 0.578. The molecule has 8 heteroatoms. The number of anilines is 1. The highest BCUT2D eigenvalue weighted by molar-refractivity contribution is 6.44. The van der Waals surface area contributed by atoms with Gasteiger partial charge in [-0.15, -0.1) is 0 Å². The van der Waals surface area contributed by atoms with Crippen LogP contribution in [-0.4, -0.2) is 64.3 Å². The van der Waals surface area contributed by atoms with Gasteiger partial charge in [-0.1, -0.05) is 38.0 Å². The predicted molar refractivity (Wildman–Crippen MR) is 115 cm³/mol. The van der Waals surface area contributed by atoms with Gasteiger partial charge in [0.25, 0.3) is 0 Å². The zero-order valence-corrected chi connectivity index (χ0v) is 18.0. The molecular formula is C23H30N4O4. The molecule has 0 bridgehead atoms.